The Morgan fingerprint density at radius 2 is 1.92 bits per heavy atom. The molecule has 1 heterocycles. The molecule has 8 heteroatoms. The van der Waals surface area contributed by atoms with E-state index in [0.717, 1.165) is 12.1 Å². The molecule has 0 aliphatic heterocycles. The first-order chi connectivity index (χ1) is 12.0. The Bertz CT molecular complexity index is 1060. The van der Waals surface area contributed by atoms with E-state index in [4.69, 9.17) is 0 Å². The number of fused-ring (bicyclic) bond motifs is 1. The lowest BCUT2D eigenvalue weighted by Gasteiger charge is -2.06. The maximum absolute atomic E-state index is 13.3. The van der Waals surface area contributed by atoms with Crippen molar-refractivity contribution in [3.05, 3.63) is 75.6 Å². The number of hydrogen-bond donors (Lipinski definition) is 3. The molecule has 1 amide bonds. The fourth-order valence-electron chi connectivity index (χ4n) is 2.27. The van der Waals surface area contributed by atoms with Gasteiger partial charge in [0.15, 0.2) is 0 Å². The summed E-state index contributed by atoms with van der Waals surface area (Å²) in [7, 11) is 0. The lowest BCUT2D eigenvalue weighted by Crippen LogP contribution is -2.26. The van der Waals surface area contributed by atoms with E-state index >= 15 is 0 Å². The van der Waals surface area contributed by atoms with Crippen LogP contribution in [0.2, 0.25) is 0 Å². The molecule has 0 aliphatic rings. The van der Waals surface area contributed by atoms with Gasteiger partial charge in [0.1, 0.15) is 22.9 Å². The number of H-pyrrole nitrogens is 1. The number of rotatable bonds is 3. The monoisotopic (exact) mass is 343 g/mol. The van der Waals surface area contributed by atoms with Gasteiger partial charge in [-0.3, -0.25) is 9.59 Å². The average molecular weight is 343 g/mol. The molecule has 0 radical (unpaired) electrons. The molecule has 6 nitrogen and oxygen atoms in total. The molecule has 3 N–H and O–H groups in total. The molecule has 0 saturated heterocycles. The van der Waals surface area contributed by atoms with Crippen LogP contribution in [0.4, 0.5) is 8.78 Å². The van der Waals surface area contributed by atoms with E-state index in [9.17, 15) is 23.5 Å². The molecule has 0 fully saturated rings. The average Bonchev–Trinajstić information content (AvgIpc) is 2.56. The summed E-state index contributed by atoms with van der Waals surface area (Å²) in [5.74, 6) is -2.75. The Balaban J connectivity index is 1.90. The molecular formula is C17H11F2N3O3. The second-order valence-electron chi connectivity index (χ2n) is 5.12. The Morgan fingerprint density at radius 3 is 2.68 bits per heavy atom. The highest BCUT2D eigenvalue weighted by molar-refractivity contribution is 6.02. The van der Waals surface area contributed by atoms with Crippen molar-refractivity contribution in [1.82, 2.24) is 10.4 Å². The van der Waals surface area contributed by atoms with E-state index in [1.54, 1.807) is 6.07 Å². The van der Waals surface area contributed by atoms with E-state index in [1.807, 2.05) is 0 Å². The zero-order valence-corrected chi connectivity index (χ0v) is 12.6. The van der Waals surface area contributed by atoms with Crippen LogP contribution >= 0.6 is 0 Å². The van der Waals surface area contributed by atoms with Crippen LogP contribution in [-0.2, 0) is 0 Å². The van der Waals surface area contributed by atoms with E-state index in [2.05, 4.69) is 15.5 Å². The molecule has 0 unspecified atom stereocenters. The number of nitrogens with zero attached hydrogens (tertiary/aromatic N) is 1. The topological polar surface area (TPSA) is 94.5 Å². The first-order valence-electron chi connectivity index (χ1n) is 7.09. The number of pyridine rings is 1. The van der Waals surface area contributed by atoms with E-state index < -0.39 is 34.4 Å². The number of aromatic amines is 1. The maximum atomic E-state index is 13.3. The summed E-state index contributed by atoms with van der Waals surface area (Å²) in [5, 5.41) is 13.7. The van der Waals surface area contributed by atoms with Crippen molar-refractivity contribution < 1.29 is 18.7 Å². The number of aromatic hydroxyl groups is 1. The van der Waals surface area contributed by atoms with Crippen LogP contribution in [0.3, 0.4) is 0 Å². The van der Waals surface area contributed by atoms with Crippen LogP contribution in [0.15, 0.2) is 52.4 Å². The summed E-state index contributed by atoms with van der Waals surface area (Å²) >= 11 is 0. The molecule has 3 rings (SSSR count). The van der Waals surface area contributed by atoms with Crippen molar-refractivity contribution in [1.29, 1.82) is 0 Å². The van der Waals surface area contributed by atoms with Gasteiger partial charge in [0, 0.05) is 5.39 Å². The molecule has 1 aromatic heterocycles. The molecule has 2 aromatic carbocycles. The summed E-state index contributed by atoms with van der Waals surface area (Å²) in [6.07, 6.45) is 1.17. The quantitative estimate of drug-likeness (QED) is 0.503. The molecule has 0 atom stereocenters. The third kappa shape index (κ3) is 3.37. The molecule has 0 bridgehead atoms. The van der Waals surface area contributed by atoms with Crippen molar-refractivity contribution in [3.8, 4) is 5.75 Å². The number of aromatic nitrogens is 1. The minimum Gasteiger partial charge on any atom is -0.506 e. The summed E-state index contributed by atoms with van der Waals surface area (Å²) in [6, 6.07) is 8.85. The number of benzene rings is 2. The Morgan fingerprint density at radius 1 is 1.16 bits per heavy atom. The van der Waals surface area contributed by atoms with Crippen molar-refractivity contribution in [3.63, 3.8) is 0 Å². The van der Waals surface area contributed by atoms with E-state index in [-0.39, 0.29) is 10.9 Å². The number of hydrazone groups is 1. The number of carbonyl (C=O) groups is 1. The fraction of sp³-hybridized carbons (Fsp3) is 0. The van der Waals surface area contributed by atoms with Gasteiger partial charge in [0.05, 0.1) is 11.7 Å². The summed E-state index contributed by atoms with van der Waals surface area (Å²) in [6.45, 7) is 0. The minimum atomic E-state index is -0.988. The molecule has 126 valence electrons. The molecule has 0 spiro atoms. The molecule has 0 aliphatic carbocycles. The van der Waals surface area contributed by atoms with Gasteiger partial charge in [-0.15, -0.1) is 0 Å². The highest BCUT2D eigenvalue weighted by Crippen LogP contribution is 2.25. The predicted octanol–water partition coefficient (Wildman–Crippen LogP) is 2.28. The Labute approximate surface area is 139 Å². The summed E-state index contributed by atoms with van der Waals surface area (Å²) in [4.78, 5) is 26.5. The third-order valence-corrected chi connectivity index (χ3v) is 3.40. The second kappa shape index (κ2) is 6.52. The number of amides is 1. The number of halogens is 2. The number of carbonyl (C=O) groups excluding carboxylic acids is 1. The fourth-order valence-corrected chi connectivity index (χ4v) is 2.27. The van der Waals surface area contributed by atoms with Crippen molar-refractivity contribution in [2.24, 2.45) is 5.10 Å². The Kier molecular flexibility index (Phi) is 4.25. The van der Waals surface area contributed by atoms with Gasteiger partial charge >= 0.3 is 0 Å². The first kappa shape index (κ1) is 16.3. The largest absolute Gasteiger partial charge is 0.506 e. The van der Waals surface area contributed by atoms with E-state index in [1.165, 1.54) is 30.5 Å². The van der Waals surface area contributed by atoms with Gasteiger partial charge < -0.3 is 10.1 Å². The first-order valence-corrected chi connectivity index (χ1v) is 7.09. The van der Waals surface area contributed by atoms with Gasteiger partial charge in [0.2, 0.25) is 0 Å². The molecular weight excluding hydrogens is 332 g/mol. The zero-order chi connectivity index (χ0) is 18.0. The summed E-state index contributed by atoms with van der Waals surface area (Å²) < 4.78 is 26.4. The predicted molar refractivity (Wildman–Crippen MR) is 87.7 cm³/mol. The molecule has 25 heavy (non-hydrogen) atoms. The van der Waals surface area contributed by atoms with Crippen LogP contribution in [0, 0.1) is 11.6 Å². The highest BCUT2D eigenvalue weighted by atomic mass is 19.1. The van der Waals surface area contributed by atoms with Crippen LogP contribution in [0.1, 0.15) is 15.9 Å². The standard InChI is InChI=1S/C17H11F2N3O3/c18-10-3-1-2-9(6-10)8-20-22-17(25)14-15(23)12-7-11(19)4-5-13(12)21-16(14)24/h1-8H,(H,22,25)(H2,21,23,24)/b20-8-. The second-order valence-corrected chi connectivity index (χ2v) is 5.12. The summed E-state index contributed by atoms with van der Waals surface area (Å²) in [5.41, 5.74) is 1.18. The van der Waals surface area contributed by atoms with Gasteiger partial charge in [0.25, 0.3) is 11.5 Å². The lowest BCUT2D eigenvalue weighted by molar-refractivity contribution is 0.0951. The van der Waals surface area contributed by atoms with Crippen LogP contribution in [0.25, 0.3) is 10.9 Å². The Hall–Kier alpha value is -3.55. The van der Waals surface area contributed by atoms with Gasteiger partial charge in [-0.2, -0.15) is 5.10 Å². The third-order valence-electron chi connectivity index (χ3n) is 3.40. The number of nitrogens with one attached hydrogen (secondary N) is 2. The van der Waals surface area contributed by atoms with Gasteiger partial charge in [-0.25, -0.2) is 14.2 Å². The van der Waals surface area contributed by atoms with Crippen molar-refractivity contribution in [2.75, 3.05) is 0 Å². The van der Waals surface area contributed by atoms with Crippen LogP contribution in [-0.4, -0.2) is 22.2 Å². The van der Waals surface area contributed by atoms with Crippen LogP contribution in [0.5, 0.6) is 5.75 Å². The van der Waals surface area contributed by atoms with Crippen LogP contribution < -0.4 is 11.0 Å². The lowest BCUT2D eigenvalue weighted by atomic mass is 10.1. The zero-order valence-electron chi connectivity index (χ0n) is 12.6. The van der Waals surface area contributed by atoms with Gasteiger partial charge in [-0.05, 0) is 35.9 Å². The smallest absolute Gasteiger partial charge is 0.280 e. The normalized spacial score (nSPS) is 11.1. The maximum Gasteiger partial charge on any atom is 0.280 e. The van der Waals surface area contributed by atoms with E-state index in [0.29, 0.717) is 5.56 Å². The van der Waals surface area contributed by atoms with Crippen molar-refractivity contribution in [2.45, 2.75) is 0 Å². The molecule has 3 aromatic rings. The number of hydrogen-bond acceptors (Lipinski definition) is 4. The molecule has 0 saturated carbocycles. The van der Waals surface area contributed by atoms with Gasteiger partial charge in [-0.1, -0.05) is 12.1 Å². The highest BCUT2D eigenvalue weighted by Gasteiger charge is 2.19. The SMILES string of the molecule is O=C(N/N=C\c1cccc(F)c1)c1c(O)c2cc(F)ccc2[nH]c1=O. The minimum absolute atomic E-state index is 0.0149. The van der Waals surface area contributed by atoms with Crippen molar-refractivity contribution >= 4 is 23.0 Å².